The highest BCUT2D eigenvalue weighted by molar-refractivity contribution is 5.96. The fourth-order valence-corrected chi connectivity index (χ4v) is 3.36. The number of benzene rings is 1. The summed E-state index contributed by atoms with van der Waals surface area (Å²) in [7, 11) is 0. The van der Waals surface area contributed by atoms with Gasteiger partial charge in [0.25, 0.3) is 11.5 Å². The van der Waals surface area contributed by atoms with Crippen LogP contribution in [0.5, 0.6) is 0 Å². The highest BCUT2D eigenvalue weighted by atomic mass is 16.2. The van der Waals surface area contributed by atoms with Gasteiger partial charge >= 0.3 is 0 Å². The third kappa shape index (κ3) is 3.16. The maximum absolute atomic E-state index is 13.0. The fourth-order valence-electron chi connectivity index (χ4n) is 3.36. The third-order valence-corrected chi connectivity index (χ3v) is 4.58. The van der Waals surface area contributed by atoms with Gasteiger partial charge in [-0.2, -0.15) is 0 Å². The van der Waals surface area contributed by atoms with Crippen molar-refractivity contribution in [3.63, 3.8) is 0 Å². The van der Waals surface area contributed by atoms with Crippen molar-refractivity contribution in [1.29, 1.82) is 0 Å². The minimum absolute atomic E-state index is 0.00297. The summed E-state index contributed by atoms with van der Waals surface area (Å²) in [5.74, 6) is 0.00297. The molecule has 1 aromatic heterocycles. The molecule has 0 spiro atoms. The van der Waals surface area contributed by atoms with Crippen LogP contribution >= 0.6 is 0 Å². The first kappa shape index (κ1) is 15.8. The number of fused-ring (bicyclic) bond motifs is 1. The zero-order valence-corrected chi connectivity index (χ0v) is 13.8. The molecule has 0 N–H and O–H groups in total. The summed E-state index contributed by atoms with van der Waals surface area (Å²) in [5.41, 5.74) is 0.487. The van der Waals surface area contributed by atoms with Gasteiger partial charge in [0.05, 0.1) is 0 Å². The SMILES string of the molecule is CCCn1c(C(=O)N2CCCCCC2)cc2ccccc2c1=O. The van der Waals surface area contributed by atoms with Gasteiger partial charge in [0.2, 0.25) is 0 Å². The van der Waals surface area contributed by atoms with Gasteiger partial charge in [-0.25, -0.2) is 0 Å². The second-order valence-electron chi connectivity index (χ2n) is 6.28. The quantitative estimate of drug-likeness (QED) is 0.871. The first-order valence-electron chi connectivity index (χ1n) is 8.64. The van der Waals surface area contributed by atoms with Crippen LogP contribution in [0.3, 0.4) is 0 Å². The van der Waals surface area contributed by atoms with Gasteiger partial charge in [0.15, 0.2) is 0 Å². The molecule has 0 radical (unpaired) electrons. The number of nitrogens with zero attached hydrogens (tertiary/aromatic N) is 2. The first-order chi connectivity index (χ1) is 11.2. The molecule has 0 bridgehead atoms. The molecule has 3 rings (SSSR count). The molecule has 23 heavy (non-hydrogen) atoms. The number of hydrogen-bond donors (Lipinski definition) is 0. The predicted octanol–water partition coefficient (Wildman–Crippen LogP) is 3.43. The number of pyridine rings is 1. The van der Waals surface area contributed by atoms with E-state index >= 15 is 0 Å². The highest BCUT2D eigenvalue weighted by Crippen LogP contribution is 2.17. The highest BCUT2D eigenvalue weighted by Gasteiger charge is 2.21. The normalized spacial score (nSPS) is 15.6. The Labute approximate surface area is 136 Å². The van der Waals surface area contributed by atoms with E-state index in [0.29, 0.717) is 17.6 Å². The van der Waals surface area contributed by atoms with Crippen LogP contribution in [0.15, 0.2) is 35.1 Å². The van der Waals surface area contributed by atoms with Crippen LogP contribution in [0.1, 0.15) is 49.5 Å². The first-order valence-corrected chi connectivity index (χ1v) is 8.64. The molecule has 0 atom stereocenters. The van der Waals surface area contributed by atoms with E-state index in [0.717, 1.165) is 37.7 Å². The van der Waals surface area contributed by atoms with Crippen molar-refractivity contribution >= 4 is 16.7 Å². The Morgan fingerprint density at radius 1 is 1.09 bits per heavy atom. The van der Waals surface area contributed by atoms with E-state index in [1.807, 2.05) is 42.2 Å². The summed E-state index contributed by atoms with van der Waals surface area (Å²) in [6, 6.07) is 9.41. The Morgan fingerprint density at radius 2 is 1.78 bits per heavy atom. The summed E-state index contributed by atoms with van der Waals surface area (Å²) < 4.78 is 1.66. The number of hydrogen-bond acceptors (Lipinski definition) is 2. The Balaban J connectivity index is 2.09. The van der Waals surface area contributed by atoms with E-state index in [1.54, 1.807) is 4.57 Å². The molecule has 1 amide bonds. The average Bonchev–Trinajstić information content (AvgIpc) is 2.86. The molecular formula is C19H24N2O2. The molecule has 1 aliphatic heterocycles. The lowest BCUT2D eigenvalue weighted by Crippen LogP contribution is -2.36. The molecule has 0 saturated carbocycles. The largest absolute Gasteiger partial charge is 0.337 e. The lowest BCUT2D eigenvalue weighted by Gasteiger charge is -2.22. The van der Waals surface area contributed by atoms with Crippen molar-refractivity contribution in [3.05, 3.63) is 46.4 Å². The Kier molecular flexibility index (Phi) is 4.79. The molecule has 1 saturated heterocycles. The van der Waals surface area contributed by atoms with E-state index in [4.69, 9.17) is 0 Å². The fraction of sp³-hybridized carbons (Fsp3) is 0.474. The van der Waals surface area contributed by atoms with Crippen molar-refractivity contribution in [1.82, 2.24) is 9.47 Å². The molecule has 4 nitrogen and oxygen atoms in total. The van der Waals surface area contributed by atoms with Crippen LogP contribution in [-0.4, -0.2) is 28.5 Å². The monoisotopic (exact) mass is 312 g/mol. The Bertz CT molecular complexity index is 756. The Hall–Kier alpha value is -2.10. The van der Waals surface area contributed by atoms with Gasteiger partial charge in [0, 0.05) is 25.0 Å². The number of likely N-dealkylation sites (tertiary alicyclic amines) is 1. The van der Waals surface area contributed by atoms with Crippen molar-refractivity contribution < 1.29 is 4.79 Å². The van der Waals surface area contributed by atoms with Gasteiger partial charge in [0.1, 0.15) is 5.69 Å². The van der Waals surface area contributed by atoms with E-state index in [9.17, 15) is 9.59 Å². The number of aromatic nitrogens is 1. The van der Waals surface area contributed by atoms with Crippen molar-refractivity contribution in [2.75, 3.05) is 13.1 Å². The lowest BCUT2D eigenvalue weighted by molar-refractivity contribution is 0.0749. The summed E-state index contributed by atoms with van der Waals surface area (Å²) in [4.78, 5) is 27.7. The molecule has 1 aromatic carbocycles. The standard InChI is InChI=1S/C19H24N2O2/c1-2-11-21-17(19(23)20-12-7-3-4-8-13-20)14-15-9-5-6-10-16(15)18(21)22/h5-6,9-10,14H,2-4,7-8,11-13H2,1H3. The van der Waals surface area contributed by atoms with Crippen molar-refractivity contribution in [3.8, 4) is 0 Å². The lowest BCUT2D eigenvalue weighted by atomic mass is 10.1. The van der Waals surface area contributed by atoms with E-state index < -0.39 is 0 Å². The topological polar surface area (TPSA) is 42.3 Å². The Morgan fingerprint density at radius 3 is 2.48 bits per heavy atom. The van der Waals surface area contributed by atoms with Gasteiger partial charge in [-0.05, 0) is 36.8 Å². The smallest absolute Gasteiger partial charge is 0.270 e. The maximum Gasteiger partial charge on any atom is 0.270 e. The molecule has 0 aliphatic carbocycles. The van der Waals surface area contributed by atoms with Crippen LogP contribution < -0.4 is 5.56 Å². The molecule has 122 valence electrons. The predicted molar refractivity (Wildman–Crippen MR) is 92.9 cm³/mol. The van der Waals surface area contributed by atoms with Crippen LogP contribution in [-0.2, 0) is 6.54 Å². The molecular weight excluding hydrogens is 288 g/mol. The molecule has 0 unspecified atom stereocenters. The summed E-state index contributed by atoms with van der Waals surface area (Å²) >= 11 is 0. The molecule has 1 aliphatic rings. The van der Waals surface area contributed by atoms with E-state index in [2.05, 4.69) is 0 Å². The number of carbonyl (C=O) groups excluding carboxylic acids is 1. The molecule has 1 fully saturated rings. The van der Waals surface area contributed by atoms with E-state index in [-0.39, 0.29) is 11.5 Å². The minimum atomic E-state index is -0.0527. The summed E-state index contributed by atoms with van der Waals surface area (Å²) in [5, 5.41) is 1.54. The van der Waals surface area contributed by atoms with Crippen molar-refractivity contribution in [2.24, 2.45) is 0 Å². The number of carbonyl (C=O) groups is 1. The molecule has 2 aromatic rings. The molecule has 2 heterocycles. The second kappa shape index (κ2) is 6.99. The van der Waals surface area contributed by atoms with Crippen LogP contribution in [0.2, 0.25) is 0 Å². The van der Waals surface area contributed by atoms with Gasteiger partial charge in [-0.1, -0.05) is 38.0 Å². The zero-order chi connectivity index (χ0) is 16.2. The summed E-state index contributed by atoms with van der Waals surface area (Å²) in [6.45, 7) is 4.21. The minimum Gasteiger partial charge on any atom is -0.337 e. The maximum atomic E-state index is 13.0. The van der Waals surface area contributed by atoms with Gasteiger partial charge < -0.3 is 9.47 Å². The van der Waals surface area contributed by atoms with Gasteiger partial charge in [-0.15, -0.1) is 0 Å². The van der Waals surface area contributed by atoms with Crippen LogP contribution in [0, 0.1) is 0 Å². The number of rotatable bonds is 3. The van der Waals surface area contributed by atoms with Crippen molar-refractivity contribution in [2.45, 2.75) is 45.6 Å². The van der Waals surface area contributed by atoms with Crippen LogP contribution in [0.25, 0.3) is 10.8 Å². The number of amides is 1. The van der Waals surface area contributed by atoms with E-state index in [1.165, 1.54) is 12.8 Å². The zero-order valence-electron chi connectivity index (χ0n) is 13.8. The second-order valence-corrected chi connectivity index (χ2v) is 6.28. The average molecular weight is 312 g/mol. The summed E-state index contributed by atoms with van der Waals surface area (Å²) in [6.07, 6.45) is 5.31. The van der Waals surface area contributed by atoms with Gasteiger partial charge in [-0.3, -0.25) is 9.59 Å². The third-order valence-electron chi connectivity index (χ3n) is 4.58. The van der Waals surface area contributed by atoms with Crippen LogP contribution in [0.4, 0.5) is 0 Å². The molecule has 4 heteroatoms.